The Morgan fingerprint density at radius 3 is 2.69 bits per heavy atom. The fraction of sp³-hybridized carbons (Fsp3) is 0.333. The van der Waals surface area contributed by atoms with Gasteiger partial charge in [-0.3, -0.25) is 9.10 Å². The zero-order valence-electron chi connectivity index (χ0n) is 16.8. The lowest BCUT2D eigenvalue weighted by Gasteiger charge is -2.24. The van der Waals surface area contributed by atoms with Crippen LogP contribution in [0.2, 0.25) is 0 Å². The van der Waals surface area contributed by atoms with E-state index < -0.39 is 10.0 Å². The highest BCUT2D eigenvalue weighted by Gasteiger charge is 2.33. The van der Waals surface area contributed by atoms with Crippen LogP contribution in [0, 0.1) is 0 Å². The topological polar surface area (TPSA) is 70.6 Å². The standard InChI is InChI=1S/C21H23N3O3S2/c1-13-11-16-12-15(9-10-18(16)24(13)29(4,26)27)21(25)23(3)14(2)20-22-17-7-5-6-8-19(17)28-20/h5-10,12-14H,11H2,1-4H3. The second kappa shape index (κ2) is 7.11. The number of nitrogens with zero attached hydrogens (tertiary/aromatic N) is 3. The minimum absolute atomic E-state index is 0.106. The molecule has 2 heterocycles. The third kappa shape index (κ3) is 3.51. The van der Waals surface area contributed by atoms with Crippen molar-refractivity contribution in [2.75, 3.05) is 17.6 Å². The molecular weight excluding hydrogens is 406 g/mol. The van der Waals surface area contributed by atoms with Crippen LogP contribution in [0.4, 0.5) is 5.69 Å². The van der Waals surface area contributed by atoms with E-state index in [0.29, 0.717) is 17.7 Å². The molecule has 0 radical (unpaired) electrons. The Hall–Kier alpha value is -2.45. The van der Waals surface area contributed by atoms with Gasteiger partial charge in [0.1, 0.15) is 5.01 Å². The molecule has 0 N–H and O–H groups in total. The van der Waals surface area contributed by atoms with Crippen molar-refractivity contribution in [1.29, 1.82) is 0 Å². The Morgan fingerprint density at radius 1 is 1.28 bits per heavy atom. The molecule has 1 aliphatic rings. The van der Waals surface area contributed by atoms with E-state index in [2.05, 4.69) is 4.98 Å². The van der Waals surface area contributed by atoms with Gasteiger partial charge >= 0.3 is 0 Å². The predicted octanol–water partition coefficient (Wildman–Crippen LogP) is 3.84. The number of carbonyl (C=O) groups is 1. The summed E-state index contributed by atoms with van der Waals surface area (Å²) >= 11 is 1.59. The Bertz CT molecular complexity index is 1170. The maximum atomic E-state index is 13.1. The normalized spacial score (nSPS) is 17.4. The van der Waals surface area contributed by atoms with Crippen molar-refractivity contribution in [3.63, 3.8) is 0 Å². The van der Waals surface area contributed by atoms with Crippen molar-refractivity contribution >= 4 is 43.2 Å². The Balaban J connectivity index is 1.60. The first-order valence-electron chi connectivity index (χ1n) is 9.42. The van der Waals surface area contributed by atoms with Gasteiger partial charge in [-0.2, -0.15) is 0 Å². The van der Waals surface area contributed by atoms with E-state index in [1.807, 2.05) is 44.2 Å². The number of fused-ring (bicyclic) bond motifs is 2. The maximum Gasteiger partial charge on any atom is 0.254 e. The van der Waals surface area contributed by atoms with Crippen LogP contribution in [0.5, 0.6) is 0 Å². The smallest absolute Gasteiger partial charge is 0.254 e. The van der Waals surface area contributed by atoms with Crippen molar-refractivity contribution in [2.24, 2.45) is 0 Å². The van der Waals surface area contributed by atoms with Gasteiger partial charge in [-0.25, -0.2) is 13.4 Å². The summed E-state index contributed by atoms with van der Waals surface area (Å²) in [7, 11) is -1.57. The molecule has 0 spiro atoms. The summed E-state index contributed by atoms with van der Waals surface area (Å²) in [5, 5.41) is 0.889. The number of hydrogen-bond donors (Lipinski definition) is 0. The summed E-state index contributed by atoms with van der Waals surface area (Å²) < 4.78 is 26.7. The van der Waals surface area contributed by atoms with Gasteiger partial charge in [-0.15, -0.1) is 11.3 Å². The van der Waals surface area contributed by atoms with Gasteiger partial charge in [-0.1, -0.05) is 12.1 Å². The fourth-order valence-electron chi connectivity index (χ4n) is 3.86. The molecule has 3 aromatic rings. The first kappa shape index (κ1) is 19.8. The summed E-state index contributed by atoms with van der Waals surface area (Å²) in [6.07, 6.45) is 1.81. The van der Waals surface area contributed by atoms with Crippen LogP contribution < -0.4 is 4.31 Å². The molecule has 1 aromatic heterocycles. The molecule has 8 heteroatoms. The molecular formula is C21H23N3O3S2. The van der Waals surface area contributed by atoms with Gasteiger partial charge in [0.05, 0.1) is 28.2 Å². The molecule has 2 aromatic carbocycles. The monoisotopic (exact) mass is 429 g/mol. The molecule has 0 fully saturated rings. The molecule has 0 saturated carbocycles. The summed E-state index contributed by atoms with van der Waals surface area (Å²) in [5.74, 6) is -0.106. The molecule has 4 rings (SSSR count). The predicted molar refractivity (Wildman–Crippen MR) is 117 cm³/mol. The van der Waals surface area contributed by atoms with E-state index in [4.69, 9.17) is 0 Å². The first-order valence-corrected chi connectivity index (χ1v) is 12.1. The fourth-order valence-corrected chi connectivity index (χ4v) is 6.18. The lowest BCUT2D eigenvalue weighted by Crippen LogP contribution is -2.34. The van der Waals surface area contributed by atoms with E-state index in [1.54, 1.807) is 35.4 Å². The molecule has 0 aliphatic carbocycles. The average Bonchev–Trinajstić information content (AvgIpc) is 3.25. The van der Waals surface area contributed by atoms with Crippen molar-refractivity contribution in [3.05, 3.63) is 58.6 Å². The number of anilines is 1. The first-order chi connectivity index (χ1) is 13.7. The van der Waals surface area contributed by atoms with E-state index in [0.717, 1.165) is 20.8 Å². The van der Waals surface area contributed by atoms with Crippen molar-refractivity contribution < 1.29 is 13.2 Å². The largest absolute Gasteiger partial charge is 0.333 e. The molecule has 1 amide bonds. The van der Waals surface area contributed by atoms with Gasteiger partial charge in [0.25, 0.3) is 5.91 Å². The van der Waals surface area contributed by atoms with Gasteiger partial charge in [0.2, 0.25) is 10.0 Å². The second-order valence-electron chi connectivity index (χ2n) is 7.57. The van der Waals surface area contributed by atoms with Gasteiger partial charge in [0, 0.05) is 18.7 Å². The molecule has 1 aliphatic heterocycles. The number of amides is 1. The summed E-state index contributed by atoms with van der Waals surface area (Å²) in [4.78, 5) is 19.5. The maximum absolute atomic E-state index is 13.1. The second-order valence-corrected chi connectivity index (χ2v) is 10.5. The highest BCUT2D eigenvalue weighted by Crippen LogP contribution is 2.35. The van der Waals surface area contributed by atoms with E-state index in [1.165, 1.54) is 10.6 Å². The third-order valence-electron chi connectivity index (χ3n) is 5.41. The van der Waals surface area contributed by atoms with Crippen LogP contribution in [0.1, 0.15) is 40.8 Å². The van der Waals surface area contributed by atoms with Crippen LogP contribution in [-0.4, -0.2) is 43.6 Å². The minimum atomic E-state index is -3.35. The van der Waals surface area contributed by atoms with E-state index in [9.17, 15) is 13.2 Å². The summed E-state index contributed by atoms with van der Waals surface area (Å²) in [6.45, 7) is 3.85. The van der Waals surface area contributed by atoms with Crippen LogP contribution in [-0.2, 0) is 16.4 Å². The Kier molecular flexibility index (Phi) is 4.86. The van der Waals surface area contributed by atoms with Crippen LogP contribution >= 0.6 is 11.3 Å². The molecule has 6 nitrogen and oxygen atoms in total. The lowest BCUT2D eigenvalue weighted by atomic mass is 10.1. The SMILES string of the molecule is CC(c1nc2ccccc2s1)N(C)C(=O)c1ccc2c(c1)CC(C)N2S(C)(=O)=O. The average molecular weight is 430 g/mol. The highest BCUT2D eigenvalue weighted by atomic mass is 32.2. The van der Waals surface area contributed by atoms with E-state index in [-0.39, 0.29) is 18.0 Å². The summed E-state index contributed by atoms with van der Waals surface area (Å²) in [5.41, 5.74) is 3.04. The number of sulfonamides is 1. The van der Waals surface area contributed by atoms with Gasteiger partial charge < -0.3 is 4.90 Å². The van der Waals surface area contributed by atoms with Gasteiger partial charge in [0.15, 0.2) is 0 Å². The van der Waals surface area contributed by atoms with Crippen LogP contribution in [0.3, 0.4) is 0 Å². The number of aromatic nitrogens is 1. The lowest BCUT2D eigenvalue weighted by molar-refractivity contribution is 0.0742. The third-order valence-corrected chi connectivity index (χ3v) is 7.88. The highest BCUT2D eigenvalue weighted by molar-refractivity contribution is 7.92. The minimum Gasteiger partial charge on any atom is -0.333 e. The zero-order valence-corrected chi connectivity index (χ0v) is 18.4. The Morgan fingerprint density at radius 2 is 2.00 bits per heavy atom. The summed E-state index contributed by atoms with van der Waals surface area (Å²) in [6, 6.07) is 12.9. The number of benzene rings is 2. The number of carbonyl (C=O) groups excluding carboxylic acids is 1. The van der Waals surface area contributed by atoms with Crippen LogP contribution in [0.25, 0.3) is 10.2 Å². The molecule has 0 saturated heterocycles. The number of thiazole rings is 1. The van der Waals surface area contributed by atoms with Crippen molar-refractivity contribution in [1.82, 2.24) is 9.88 Å². The van der Waals surface area contributed by atoms with Crippen molar-refractivity contribution in [2.45, 2.75) is 32.4 Å². The molecule has 152 valence electrons. The number of para-hydroxylation sites is 1. The number of rotatable bonds is 4. The quantitative estimate of drug-likeness (QED) is 0.632. The number of hydrogen-bond acceptors (Lipinski definition) is 5. The zero-order chi connectivity index (χ0) is 20.9. The molecule has 0 bridgehead atoms. The molecule has 2 unspecified atom stereocenters. The molecule has 2 atom stereocenters. The molecule has 29 heavy (non-hydrogen) atoms. The van der Waals surface area contributed by atoms with Crippen LogP contribution in [0.15, 0.2) is 42.5 Å². The van der Waals surface area contributed by atoms with Crippen molar-refractivity contribution in [3.8, 4) is 0 Å². The van der Waals surface area contributed by atoms with E-state index >= 15 is 0 Å². The van der Waals surface area contributed by atoms with Gasteiger partial charge in [-0.05, 0) is 56.2 Å². The Labute approximate surface area is 174 Å².